The predicted octanol–water partition coefficient (Wildman–Crippen LogP) is 5.01. The molecule has 0 aliphatic heterocycles. The van der Waals surface area contributed by atoms with Crippen molar-refractivity contribution in [3.05, 3.63) is 94.8 Å². The highest BCUT2D eigenvalue weighted by Crippen LogP contribution is 2.18. The summed E-state index contributed by atoms with van der Waals surface area (Å²) in [5.74, 6) is 1.43. The van der Waals surface area contributed by atoms with E-state index in [0.717, 1.165) is 28.2 Å². The predicted molar refractivity (Wildman–Crippen MR) is 119 cm³/mol. The molecule has 0 radical (unpaired) electrons. The summed E-state index contributed by atoms with van der Waals surface area (Å²) < 4.78 is 7.93. The number of imidazole rings is 1. The highest BCUT2D eigenvalue weighted by atomic mass is 35.5. The molecule has 5 nitrogen and oxygen atoms in total. The van der Waals surface area contributed by atoms with Crippen LogP contribution in [0.3, 0.4) is 0 Å². The summed E-state index contributed by atoms with van der Waals surface area (Å²) in [5.41, 5.74) is 3.66. The summed E-state index contributed by atoms with van der Waals surface area (Å²) in [6, 6.07) is 22.7. The maximum Gasteiger partial charge on any atom is 0.251 e. The quantitative estimate of drug-likeness (QED) is 0.458. The minimum atomic E-state index is -0.119. The maximum absolute atomic E-state index is 12.5. The number of benzene rings is 3. The number of fused-ring (bicyclic) bond motifs is 1. The van der Waals surface area contributed by atoms with Crippen molar-refractivity contribution in [1.29, 1.82) is 0 Å². The highest BCUT2D eigenvalue weighted by Gasteiger charge is 2.12. The highest BCUT2D eigenvalue weighted by molar-refractivity contribution is 6.30. The first-order valence-electron chi connectivity index (χ1n) is 9.77. The van der Waals surface area contributed by atoms with E-state index in [1.54, 1.807) is 12.1 Å². The van der Waals surface area contributed by atoms with Crippen molar-refractivity contribution in [3.8, 4) is 5.75 Å². The maximum atomic E-state index is 12.5. The van der Waals surface area contributed by atoms with Gasteiger partial charge in [-0.1, -0.05) is 41.4 Å². The number of para-hydroxylation sites is 2. The zero-order chi connectivity index (χ0) is 20.9. The topological polar surface area (TPSA) is 56.2 Å². The number of carbonyl (C=O) groups is 1. The van der Waals surface area contributed by atoms with Crippen LogP contribution in [0.2, 0.25) is 5.02 Å². The number of amides is 1. The first-order chi connectivity index (χ1) is 14.6. The average Bonchev–Trinajstić information content (AvgIpc) is 3.11. The molecule has 3 aromatic carbocycles. The second-order valence-electron chi connectivity index (χ2n) is 7.02. The molecule has 0 unspecified atom stereocenters. The lowest BCUT2D eigenvalue weighted by Crippen LogP contribution is -2.25. The Morgan fingerprint density at radius 1 is 1.03 bits per heavy atom. The molecule has 0 bridgehead atoms. The van der Waals surface area contributed by atoms with Gasteiger partial charge in [-0.2, -0.15) is 0 Å². The van der Waals surface area contributed by atoms with E-state index in [1.807, 2.05) is 67.6 Å². The number of nitrogens with zero attached hydrogens (tertiary/aromatic N) is 2. The fraction of sp³-hybridized carbons (Fsp3) is 0.167. The number of nitrogens with one attached hydrogen (secondary N) is 1. The van der Waals surface area contributed by atoms with Crippen molar-refractivity contribution in [1.82, 2.24) is 14.9 Å². The SMILES string of the molecule is Cc1ccc(C(=O)NCc2nc3ccccc3n2CCOc2ccc(Cl)cc2)cc1. The van der Waals surface area contributed by atoms with Gasteiger partial charge in [-0.3, -0.25) is 4.79 Å². The number of halogens is 1. The van der Waals surface area contributed by atoms with E-state index < -0.39 is 0 Å². The van der Waals surface area contributed by atoms with E-state index in [2.05, 4.69) is 9.88 Å². The lowest BCUT2D eigenvalue weighted by molar-refractivity contribution is 0.0949. The van der Waals surface area contributed by atoms with Crippen LogP contribution < -0.4 is 10.1 Å². The number of rotatable bonds is 7. The van der Waals surface area contributed by atoms with Crippen LogP contribution >= 0.6 is 11.6 Å². The minimum Gasteiger partial charge on any atom is -0.492 e. The van der Waals surface area contributed by atoms with Crippen molar-refractivity contribution >= 4 is 28.5 Å². The molecule has 0 fully saturated rings. The first-order valence-corrected chi connectivity index (χ1v) is 10.2. The summed E-state index contributed by atoms with van der Waals surface area (Å²) >= 11 is 5.92. The first kappa shape index (κ1) is 20.0. The lowest BCUT2D eigenvalue weighted by atomic mass is 10.1. The van der Waals surface area contributed by atoms with Gasteiger partial charge < -0.3 is 14.6 Å². The Hall–Kier alpha value is -3.31. The number of hydrogen-bond donors (Lipinski definition) is 1. The Balaban J connectivity index is 1.47. The Labute approximate surface area is 180 Å². The number of aryl methyl sites for hydroxylation is 1. The summed E-state index contributed by atoms with van der Waals surface area (Å²) in [4.78, 5) is 17.2. The third-order valence-corrected chi connectivity index (χ3v) is 5.10. The molecule has 1 amide bonds. The molecular formula is C24H22ClN3O2. The number of carbonyl (C=O) groups excluding carboxylic acids is 1. The van der Waals surface area contributed by atoms with Crippen LogP contribution in [0.5, 0.6) is 5.75 Å². The molecule has 1 heterocycles. The molecule has 1 aromatic heterocycles. The van der Waals surface area contributed by atoms with Gasteiger partial charge in [-0.05, 0) is 55.5 Å². The molecule has 4 aromatic rings. The zero-order valence-corrected chi connectivity index (χ0v) is 17.4. The van der Waals surface area contributed by atoms with E-state index >= 15 is 0 Å². The summed E-state index contributed by atoms with van der Waals surface area (Å²) in [6.45, 7) is 3.41. The molecule has 152 valence electrons. The van der Waals surface area contributed by atoms with Crippen LogP contribution in [0.25, 0.3) is 11.0 Å². The standard InChI is InChI=1S/C24H22ClN3O2/c1-17-6-8-18(9-7-17)24(29)26-16-23-27-21-4-2-3-5-22(21)28(23)14-15-30-20-12-10-19(25)11-13-20/h2-13H,14-16H2,1H3,(H,26,29). The Kier molecular flexibility index (Phi) is 6.00. The third-order valence-electron chi connectivity index (χ3n) is 4.85. The van der Waals surface area contributed by atoms with Gasteiger partial charge in [-0.25, -0.2) is 4.98 Å². The van der Waals surface area contributed by atoms with E-state index in [0.29, 0.717) is 30.3 Å². The van der Waals surface area contributed by atoms with Crippen LogP contribution in [0.15, 0.2) is 72.8 Å². The largest absolute Gasteiger partial charge is 0.492 e. The van der Waals surface area contributed by atoms with Crippen LogP contribution in [-0.4, -0.2) is 22.1 Å². The van der Waals surface area contributed by atoms with Gasteiger partial charge in [-0.15, -0.1) is 0 Å². The average molecular weight is 420 g/mol. The minimum absolute atomic E-state index is 0.119. The molecule has 0 atom stereocenters. The van der Waals surface area contributed by atoms with Crippen molar-refractivity contribution in [2.45, 2.75) is 20.0 Å². The molecule has 30 heavy (non-hydrogen) atoms. The Morgan fingerprint density at radius 3 is 2.53 bits per heavy atom. The third kappa shape index (κ3) is 4.63. The van der Waals surface area contributed by atoms with E-state index in [9.17, 15) is 4.79 Å². The van der Waals surface area contributed by atoms with Gasteiger partial charge in [0.25, 0.3) is 5.91 Å². The molecule has 0 saturated heterocycles. The van der Waals surface area contributed by atoms with Crippen LogP contribution in [0.4, 0.5) is 0 Å². The smallest absolute Gasteiger partial charge is 0.251 e. The van der Waals surface area contributed by atoms with Gasteiger partial charge >= 0.3 is 0 Å². The van der Waals surface area contributed by atoms with E-state index in [-0.39, 0.29) is 5.91 Å². The van der Waals surface area contributed by atoms with Crippen LogP contribution in [0, 0.1) is 6.92 Å². The fourth-order valence-corrected chi connectivity index (χ4v) is 3.39. The van der Waals surface area contributed by atoms with Crippen molar-refractivity contribution < 1.29 is 9.53 Å². The zero-order valence-electron chi connectivity index (χ0n) is 16.6. The number of hydrogen-bond acceptors (Lipinski definition) is 3. The Bertz CT molecular complexity index is 1150. The van der Waals surface area contributed by atoms with E-state index in [1.165, 1.54) is 0 Å². The van der Waals surface area contributed by atoms with Crippen molar-refractivity contribution in [3.63, 3.8) is 0 Å². The molecule has 0 spiro atoms. The molecule has 6 heteroatoms. The van der Waals surface area contributed by atoms with Crippen molar-refractivity contribution in [2.24, 2.45) is 0 Å². The van der Waals surface area contributed by atoms with Gasteiger partial charge in [0.1, 0.15) is 18.2 Å². The summed E-state index contributed by atoms with van der Waals surface area (Å²) in [7, 11) is 0. The van der Waals surface area contributed by atoms with Crippen LogP contribution in [-0.2, 0) is 13.1 Å². The summed E-state index contributed by atoms with van der Waals surface area (Å²) in [5, 5.41) is 3.65. The monoisotopic (exact) mass is 419 g/mol. The fourth-order valence-electron chi connectivity index (χ4n) is 3.26. The summed E-state index contributed by atoms with van der Waals surface area (Å²) in [6.07, 6.45) is 0. The Morgan fingerprint density at radius 2 is 1.77 bits per heavy atom. The van der Waals surface area contributed by atoms with E-state index in [4.69, 9.17) is 21.3 Å². The van der Waals surface area contributed by atoms with Gasteiger partial charge in [0.05, 0.1) is 24.1 Å². The number of aromatic nitrogens is 2. The molecule has 0 aliphatic carbocycles. The second kappa shape index (κ2) is 9.01. The molecular weight excluding hydrogens is 398 g/mol. The molecule has 1 N–H and O–H groups in total. The van der Waals surface area contributed by atoms with Gasteiger partial charge in [0, 0.05) is 10.6 Å². The lowest BCUT2D eigenvalue weighted by Gasteiger charge is -2.12. The van der Waals surface area contributed by atoms with Crippen LogP contribution in [0.1, 0.15) is 21.7 Å². The normalized spacial score (nSPS) is 10.9. The van der Waals surface area contributed by atoms with Gasteiger partial charge in [0.15, 0.2) is 0 Å². The van der Waals surface area contributed by atoms with Gasteiger partial charge in [0.2, 0.25) is 0 Å². The molecule has 0 aliphatic rings. The second-order valence-corrected chi connectivity index (χ2v) is 7.46. The number of ether oxygens (including phenoxy) is 1. The molecule has 4 rings (SSSR count). The van der Waals surface area contributed by atoms with Crippen molar-refractivity contribution in [2.75, 3.05) is 6.61 Å². The molecule has 0 saturated carbocycles.